The third-order valence-corrected chi connectivity index (χ3v) is 5.05. The number of nitrogens with one attached hydrogen (secondary N) is 1. The van der Waals surface area contributed by atoms with Crippen LogP contribution in [0.5, 0.6) is 5.75 Å². The summed E-state index contributed by atoms with van der Waals surface area (Å²) < 4.78 is 5.22. The first kappa shape index (κ1) is 16.4. The van der Waals surface area contributed by atoms with Gasteiger partial charge in [-0.15, -0.1) is 0 Å². The Morgan fingerprint density at radius 2 is 2.13 bits per heavy atom. The molecule has 3 heterocycles. The Morgan fingerprint density at radius 1 is 1.39 bits per heavy atom. The standard InChI is InChI=1S/C16H23ClN4O2/c1-23-15-9-14(18)13(17)8-12(15)16(22)19-3-2-11-10-20-4-6-21(11)7-5-20/h8-9,11H,2-7,10,18H2,1H3,(H,19,22). The molecule has 0 radical (unpaired) electrons. The van der Waals surface area contributed by atoms with Crippen molar-refractivity contribution in [2.24, 2.45) is 0 Å². The predicted octanol–water partition coefficient (Wildman–Crippen LogP) is 1.05. The monoisotopic (exact) mass is 338 g/mol. The molecule has 0 aromatic heterocycles. The number of ether oxygens (including phenoxy) is 1. The second kappa shape index (κ2) is 6.95. The highest BCUT2D eigenvalue weighted by Crippen LogP contribution is 2.28. The number of halogens is 1. The number of nitrogen functional groups attached to an aromatic ring is 1. The summed E-state index contributed by atoms with van der Waals surface area (Å²) in [4.78, 5) is 17.4. The molecule has 126 valence electrons. The van der Waals surface area contributed by atoms with Gasteiger partial charge in [-0.25, -0.2) is 0 Å². The molecule has 0 aliphatic carbocycles. The van der Waals surface area contributed by atoms with E-state index in [-0.39, 0.29) is 5.91 Å². The first-order chi connectivity index (χ1) is 11.1. The van der Waals surface area contributed by atoms with Gasteiger partial charge in [0.05, 0.1) is 23.4 Å². The molecule has 0 saturated carbocycles. The summed E-state index contributed by atoms with van der Waals surface area (Å²) in [7, 11) is 1.51. The summed E-state index contributed by atoms with van der Waals surface area (Å²) in [6.07, 6.45) is 0.952. The number of rotatable bonds is 5. The first-order valence-corrected chi connectivity index (χ1v) is 8.34. The fourth-order valence-electron chi connectivity index (χ4n) is 3.36. The normalized spacial score (nSPS) is 26.1. The van der Waals surface area contributed by atoms with Crippen molar-refractivity contribution in [2.75, 3.05) is 52.1 Å². The van der Waals surface area contributed by atoms with Crippen molar-refractivity contribution in [3.63, 3.8) is 0 Å². The number of carbonyl (C=O) groups is 1. The highest BCUT2D eigenvalue weighted by molar-refractivity contribution is 6.33. The number of amides is 1. The van der Waals surface area contributed by atoms with Gasteiger partial charge in [0.2, 0.25) is 0 Å². The van der Waals surface area contributed by atoms with E-state index < -0.39 is 0 Å². The van der Waals surface area contributed by atoms with Gasteiger partial charge in [0, 0.05) is 51.4 Å². The number of piperazine rings is 3. The van der Waals surface area contributed by atoms with Crippen molar-refractivity contribution >= 4 is 23.2 Å². The van der Waals surface area contributed by atoms with Crippen LogP contribution in [0.25, 0.3) is 0 Å². The van der Waals surface area contributed by atoms with E-state index in [9.17, 15) is 4.79 Å². The van der Waals surface area contributed by atoms with Crippen molar-refractivity contribution in [3.05, 3.63) is 22.7 Å². The largest absolute Gasteiger partial charge is 0.496 e. The molecule has 6 nitrogen and oxygen atoms in total. The van der Waals surface area contributed by atoms with E-state index in [4.69, 9.17) is 22.1 Å². The van der Waals surface area contributed by atoms with Crippen molar-refractivity contribution in [1.29, 1.82) is 0 Å². The minimum absolute atomic E-state index is 0.181. The molecule has 3 aliphatic heterocycles. The molecule has 3 fully saturated rings. The summed E-state index contributed by atoms with van der Waals surface area (Å²) in [5.74, 6) is 0.260. The van der Waals surface area contributed by atoms with Gasteiger partial charge in [0.1, 0.15) is 5.75 Å². The van der Waals surface area contributed by atoms with E-state index in [1.165, 1.54) is 20.2 Å². The van der Waals surface area contributed by atoms with Crippen molar-refractivity contribution in [1.82, 2.24) is 15.1 Å². The lowest BCUT2D eigenvalue weighted by Gasteiger charge is -2.47. The average Bonchev–Trinajstić information content (AvgIpc) is 2.58. The molecule has 7 heteroatoms. The van der Waals surface area contributed by atoms with Gasteiger partial charge in [-0.1, -0.05) is 11.6 Å². The van der Waals surface area contributed by atoms with Crippen LogP contribution in [0.15, 0.2) is 12.1 Å². The molecule has 0 spiro atoms. The summed E-state index contributed by atoms with van der Waals surface area (Å²) >= 11 is 6.01. The highest BCUT2D eigenvalue weighted by atomic mass is 35.5. The summed E-state index contributed by atoms with van der Waals surface area (Å²) in [5.41, 5.74) is 6.56. The zero-order valence-electron chi connectivity index (χ0n) is 13.3. The Kier molecular flexibility index (Phi) is 4.94. The first-order valence-electron chi connectivity index (χ1n) is 7.96. The minimum atomic E-state index is -0.181. The number of hydrogen-bond donors (Lipinski definition) is 2. The Bertz CT molecular complexity index is 588. The maximum Gasteiger partial charge on any atom is 0.255 e. The second-order valence-corrected chi connectivity index (χ2v) is 6.52. The predicted molar refractivity (Wildman–Crippen MR) is 91.2 cm³/mol. The Hall–Kier alpha value is -1.50. The van der Waals surface area contributed by atoms with E-state index in [1.807, 2.05) is 0 Å². The van der Waals surface area contributed by atoms with Gasteiger partial charge < -0.3 is 15.8 Å². The summed E-state index contributed by atoms with van der Waals surface area (Å²) in [6, 6.07) is 3.67. The van der Waals surface area contributed by atoms with Gasteiger partial charge in [-0.3, -0.25) is 14.6 Å². The number of carbonyl (C=O) groups excluding carboxylic acids is 1. The van der Waals surface area contributed by atoms with Gasteiger partial charge in [-0.05, 0) is 12.5 Å². The number of anilines is 1. The molecular formula is C16H23ClN4O2. The number of nitrogens with two attached hydrogens (primary N) is 1. The van der Waals surface area contributed by atoms with E-state index >= 15 is 0 Å². The summed E-state index contributed by atoms with van der Waals surface area (Å²) in [5, 5.41) is 3.32. The Balaban J connectivity index is 1.56. The molecule has 23 heavy (non-hydrogen) atoms. The summed E-state index contributed by atoms with van der Waals surface area (Å²) in [6.45, 7) is 6.36. The van der Waals surface area contributed by atoms with Gasteiger partial charge in [0.15, 0.2) is 0 Å². The van der Waals surface area contributed by atoms with Crippen molar-refractivity contribution in [3.8, 4) is 5.75 Å². The van der Waals surface area contributed by atoms with Crippen molar-refractivity contribution in [2.45, 2.75) is 12.5 Å². The van der Waals surface area contributed by atoms with Gasteiger partial charge >= 0.3 is 0 Å². The quantitative estimate of drug-likeness (QED) is 0.785. The van der Waals surface area contributed by atoms with Gasteiger partial charge in [0.25, 0.3) is 5.91 Å². The zero-order chi connectivity index (χ0) is 16.4. The van der Waals surface area contributed by atoms with Crippen LogP contribution in [-0.4, -0.2) is 68.1 Å². The fraction of sp³-hybridized carbons (Fsp3) is 0.562. The number of benzene rings is 1. The maximum atomic E-state index is 12.4. The van der Waals surface area contributed by atoms with Crippen LogP contribution in [0.4, 0.5) is 5.69 Å². The lowest BCUT2D eigenvalue weighted by molar-refractivity contribution is 0.0101. The van der Waals surface area contributed by atoms with E-state index in [0.717, 1.165) is 26.1 Å². The van der Waals surface area contributed by atoms with Crippen molar-refractivity contribution < 1.29 is 9.53 Å². The molecule has 2 bridgehead atoms. The number of methoxy groups -OCH3 is 1. The molecular weight excluding hydrogens is 316 g/mol. The molecule has 1 aromatic rings. The van der Waals surface area contributed by atoms with Crippen LogP contribution < -0.4 is 15.8 Å². The molecule has 1 atom stereocenters. The molecule has 1 unspecified atom stereocenters. The lowest BCUT2D eigenvalue weighted by atomic mass is 10.0. The minimum Gasteiger partial charge on any atom is -0.496 e. The van der Waals surface area contributed by atoms with Gasteiger partial charge in [-0.2, -0.15) is 0 Å². The maximum absolute atomic E-state index is 12.4. The average molecular weight is 339 g/mol. The fourth-order valence-corrected chi connectivity index (χ4v) is 3.53. The number of fused-ring (bicyclic) bond motifs is 3. The van der Waals surface area contributed by atoms with E-state index in [0.29, 0.717) is 34.6 Å². The molecule has 3 saturated heterocycles. The Morgan fingerprint density at radius 3 is 2.74 bits per heavy atom. The van der Waals surface area contributed by atoms with Crippen LogP contribution in [0.1, 0.15) is 16.8 Å². The van der Waals surface area contributed by atoms with E-state index in [2.05, 4.69) is 15.1 Å². The van der Waals surface area contributed by atoms with Crippen LogP contribution in [0, 0.1) is 0 Å². The van der Waals surface area contributed by atoms with Crippen LogP contribution >= 0.6 is 11.6 Å². The zero-order valence-corrected chi connectivity index (χ0v) is 14.1. The topological polar surface area (TPSA) is 70.8 Å². The molecule has 4 rings (SSSR count). The van der Waals surface area contributed by atoms with Crippen LogP contribution in [0.3, 0.4) is 0 Å². The number of nitrogens with zero attached hydrogens (tertiary/aromatic N) is 2. The number of hydrogen-bond acceptors (Lipinski definition) is 5. The molecule has 3 aliphatic rings. The molecule has 1 aromatic carbocycles. The molecule has 1 amide bonds. The van der Waals surface area contributed by atoms with E-state index in [1.54, 1.807) is 12.1 Å². The Labute approximate surface area is 141 Å². The highest BCUT2D eigenvalue weighted by Gasteiger charge is 2.31. The molecule has 3 N–H and O–H groups in total. The van der Waals surface area contributed by atoms with Crippen LogP contribution in [0.2, 0.25) is 5.02 Å². The smallest absolute Gasteiger partial charge is 0.255 e. The second-order valence-electron chi connectivity index (χ2n) is 6.11. The SMILES string of the molecule is COc1cc(N)c(Cl)cc1C(=O)NCCC1CN2CCN1CC2. The third-order valence-electron chi connectivity index (χ3n) is 4.72. The third kappa shape index (κ3) is 3.54. The lowest BCUT2D eigenvalue weighted by Crippen LogP contribution is -2.61. The van der Waals surface area contributed by atoms with Crippen LogP contribution in [-0.2, 0) is 0 Å².